The summed E-state index contributed by atoms with van der Waals surface area (Å²) in [6, 6.07) is 1.45. The van der Waals surface area contributed by atoms with Crippen LogP contribution >= 0.6 is 24.8 Å². The number of nitrogens with one attached hydrogen (secondary N) is 2. The van der Waals surface area contributed by atoms with Crippen molar-refractivity contribution in [1.82, 2.24) is 5.32 Å². The van der Waals surface area contributed by atoms with Gasteiger partial charge in [0.15, 0.2) is 11.6 Å². The molecule has 1 aliphatic rings. The lowest BCUT2D eigenvalue weighted by Gasteiger charge is -2.23. The lowest BCUT2D eigenvalue weighted by atomic mass is 10.1. The maximum absolute atomic E-state index is 13.1. The van der Waals surface area contributed by atoms with Gasteiger partial charge in [0.05, 0.1) is 5.69 Å². The first kappa shape index (κ1) is 18.4. The number of amides is 2. The number of halogens is 4. The van der Waals surface area contributed by atoms with E-state index in [4.69, 9.17) is 5.73 Å². The van der Waals surface area contributed by atoms with Crippen LogP contribution in [-0.4, -0.2) is 17.9 Å². The van der Waals surface area contributed by atoms with Gasteiger partial charge in [0.1, 0.15) is 6.04 Å². The molecule has 20 heavy (non-hydrogen) atoms. The highest BCUT2D eigenvalue weighted by molar-refractivity contribution is 6.01. The fourth-order valence-electron chi connectivity index (χ4n) is 1.73. The molecule has 0 saturated carbocycles. The van der Waals surface area contributed by atoms with E-state index in [0.29, 0.717) is 6.42 Å². The summed E-state index contributed by atoms with van der Waals surface area (Å²) in [5, 5.41) is 4.86. The van der Waals surface area contributed by atoms with Crippen LogP contribution in [0.15, 0.2) is 12.1 Å². The van der Waals surface area contributed by atoms with Crippen LogP contribution in [0.5, 0.6) is 0 Å². The van der Waals surface area contributed by atoms with Crippen LogP contribution in [0.1, 0.15) is 12.8 Å². The molecule has 0 bridgehead atoms. The molecule has 1 aromatic rings. The van der Waals surface area contributed by atoms with Gasteiger partial charge in [-0.3, -0.25) is 14.9 Å². The minimum atomic E-state index is -1.12. The van der Waals surface area contributed by atoms with Crippen LogP contribution in [0.3, 0.4) is 0 Å². The first-order chi connectivity index (χ1) is 8.47. The molecule has 0 aliphatic carbocycles. The van der Waals surface area contributed by atoms with E-state index in [-0.39, 0.29) is 48.5 Å². The molecule has 2 rings (SSSR count). The van der Waals surface area contributed by atoms with Crippen LogP contribution < -0.4 is 16.4 Å². The van der Waals surface area contributed by atoms with E-state index in [1.807, 2.05) is 0 Å². The Kier molecular flexibility index (Phi) is 6.67. The van der Waals surface area contributed by atoms with Crippen molar-refractivity contribution in [2.75, 3.05) is 11.1 Å². The number of hydrogen-bond acceptors (Lipinski definition) is 4. The molecule has 1 heterocycles. The number of benzene rings is 1. The molecule has 1 aromatic carbocycles. The molecule has 112 valence electrons. The number of piperidine rings is 1. The highest BCUT2D eigenvalue weighted by Gasteiger charge is 2.26. The van der Waals surface area contributed by atoms with Gasteiger partial charge >= 0.3 is 0 Å². The number of imide groups is 1. The number of nitrogen functional groups attached to an aromatic ring is 1. The molecular formula is C11H13Cl2F2N3O2. The molecule has 4 N–H and O–H groups in total. The smallest absolute Gasteiger partial charge is 0.249 e. The maximum Gasteiger partial charge on any atom is 0.249 e. The molecule has 1 unspecified atom stereocenters. The summed E-state index contributed by atoms with van der Waals surface area (Å²) < 4.78 is 26.1. The van der Waals surface area contributed by atoms with Gasteiger partial charge in [0.2, 0.25) is 11.8 Å². The highest BCUT2D eigenvalue weighted by atomic mass is 35.5. The van der Waals surface area contributed by atoms with Crippen molar-refractivity contribution >= 4 is 48.0 Å². The normalized spacial score (nSPS) is 17.6. The summed E-state index contributed by atoms with van der Waals surface area (Å²) in [5.41, 5.74) is 5.13. The quantitative estimate of drug-likeness (QED) is 0.569. The number of carbonyl (C=O) groups excluding carboxylic acids is 2. The van der Waals surface area contributed by atoms with Gasteiger partial charge in [-0.1, -0.05) is 0 Å². The molecule has 0 aromatic heterocycles. The molecular weight excluding hydrogens is 315 g/mol. The maximum atomic E-state index is 13.1. The second-order valence-corrected chi connectivity index (χ2v) is 4.01. The van der Waals surface area contributed by atoms with E-state index < -0.39 is 23.6 Å². The molecule has 1 saturated heterocycles. The van der Waals surface area contributed by atoms with Gasteiger partial charge in [0, 0.05) is 18.2 Å². The molecule has 9 heteroatoms. The number of rotatable bonds is 2. The van der Waals surface area contributed by atoms with Crippen molar-refractivity contribution in [3.63, 3.8) is 0 Å². The Balaban J connectivity index is 0.00000180. The monoisotopic (exact) mass is 327 g/mol. The van der Waals surface area contributed by atoms with Gasteiger partial charge in [-0.15, -0.1) is 24.8 Å². The summed E-state index contributed by atoms with van der Waals surface area (Å²) in [5.74, 6) is -3.05. The first-order valence-electron chi connectivity index (χ1n) is 5.32. The Morgan fingerprint density at radius 2 is 1.90 bits per heavy atom. The minimum Gasteiger partial charge on any atom is -0.396 e. The largest absolute Gasteiger partial charge is 0.396 e. The zero-order valence-corrected chi connectivity index (χ0v) is 11.7. The zero-order chi connectivity index (χ0) is 13.3. The molecule has 1 atom stereocenters. The third kappa shape index (κ3) is 3.94. The van der Waals surface area contributed by atoms with Crippen molar-refractivity contribution in [3.8, 4) is 0 Å². The summed E-state index contributed by atoms with van der Waals surface area (Å²) in [6.07, 6.45) is 0.492. The van der Waals surface area contributed by atoms with Crippen molar-refractivity contribution < 1.29 is 18.4 Å². The standard InChI is InChI=1S/C11H11F2N3O2.2ClH/c12-6-3-5(4-7(14)10(6)13)15-8-1-2-9(17)16-11(8)18;;/h3-4,8,15H,1-2,14H2,(H,16,17,18);2*1H. The van der Waals surface area contributed by atoms with E-state index in [1.54, 1.807) is 0 Å². The van der Waals surface area contributed by atoms with Crippen molar-refractivity contribution in [2.24, 2.45) is 0 Å². The topological polar surface area (TPSA) is 84.2 Å². The first-order valence-corrected chi connectivity index (χ1v) is 5.32. The predicted octanol–water partition coefficient (Wildman–Crippen LogP) is 1.61. The lowest BCUT2D eigenvalue weighted by molar-refractivity contribution is -0.133. The Morgan fingerprint density at radius 1 is 1.25 bits per heavy atom. The fourth-order valence-corrected chi connectivity index (χ4v) is 1.73. The fraction of sp³-hybridized carbons (Fsp3) is 0.273. The van der Waals surface area contributed by atoms with Crippen LogP contribution in [0.4, 0.5) is 20.2 Å². The molecule has 1 aliphatic heterocycles. The van der Waals surface area contributed by atoms with Crippen LogP contribution in [-0.2, 0) is 9.59 Å². The number of carbonyl (C=O) groups is 2. The van der Waals surface area contributed by atoms with Gasteiger partial charge in [-0.05, 0) is 12.5 Å². The summed E-state index contributed by atoms with van der Waals surface area (Å²) in [7, 11) is 0. The second-order valence-electron chi connectivity index (χ2n) is 4.01. The molecule has 2 amide bonds. The van der Waals surface area contributed by atoms with Gasteiger partial charge in [-0.2, -0.15) is 0 Å². The molecule has 1 fully saturated rings. The highest BCUT2D eigenvalue weighted by Crippen LogP contribution is 2.22. The number of anilines is 2. The predicted molar refractivity (Wildman–Crippen MR) is 75.1 cm³/mol. The molecule has 0 radical (unpaired) electrons. The Hall–Kier alpha value is -1.60. The SMILES string of the molecule is Cl.Cl.Nc1cc(NC2CCC(=O)NC2=O)cc(F)c1F. The average Bonchev–Trinajstić information content (AvgIpc) is 2.29. The summed E-state index contributed by atoms with van der Waals surface area (Å²) in [4.78, 5) is 22.4. The van der Waals surface area contributed by atoms with Crippen LogP contribution in [0.25, 0.3) is 0 Å². The van der Waals surface area contributed by atoms with Gasteiger partial charge < -0.3 is 11.1 Å². The van der Waals surface area contributed by atoms with Crippen LogP contribution in [0.2, 0.25) is 0 Å². The van der Waals surface area contributed by atoms with E-state index in [1.165, 1.54) is 6.07 Å². The summed E-state index contributed by atoms with van der Waals surface area (Å²) in [6.45, 7) is 0. The van der Waals surface area contributed by atoms with Crippen molar-refractivity contribution in [3.05, 3.63) is 23.8 Å². The average molecular weight is 328 g/mol. The summed E-state index contributed by atoms with van der Waals surface area (Å²) >= 11 is 0. The number of nitrogens with two attached hydrogens (primary N) is 1. The van der Waals surface area contributed by atoms with Crippen molar-refractivity contribution in [2.45, 2.75) is 18.9 Å². The third-order valence-corrected chi connectivity index (χ3v) is 2.64. The number of hydrogen-bond donors (Lipinski definition) is 3. The van der Waals surface area contributed by atoms with E-state index in [0.717, 1.165) is 6.07 Å². The van der Waals surface area contributed by atoms with Crippen molar-refractivity contribution in [1.29, 1.82) is 0 Å². The van der Waals surface area contributed by atoms with Gasteiger partial charge in [0.25, 0.3) is 0 Å². The van der Waals surface area contributed by atoms with E-state index in [9.17, 15) is 18.4 Å². The Labute approximate surface area is 126 Å². The van der Waals surface area contributed by atoms with E-state index in [2.05, 4.69) is 10.6 Å². The van der Waals surface area contributed by atoms with Gasteiger partial charge in [-0.25, -0.2) is 8.78 Å². The zero-order valence-electron chi connectivity index (χ0n) is 10.1. The Bertz CT molecular complexity index is 505. The lowest BCUT2D eigenvalue weighted by Crippen LogP contribution is -2.47. The second kappa shape index (κ2) is 7.25. The molecule has 5 nitrogen and oxygen atoms in total. The molecule has 0 spiro atoms. The minimum absolute atomic E-state index is 0. The third-order valence-electron chi connectivity index (χ3n) is 2.64. The van der Waals surface area contributed by atoms with Crippen LogP contribution in [0, 0.1) is 11.6 Å². The van der Waals surface area contributed by atoms with E-state index >= 15 is 0 Å². The Morgan fingerprint density at radius 3 is 2.45 bits per heavy atom.